The third kappa shape index (κ3) is 3.97. The molecule has 0 spiro atoms. The van der Waals surface area contributed by atoms with Gasteiger partial charge in [0.15, 0.2) is 0 Å². The Morgan fingerprint density at radius 2 is 2.18 bits per heavy atom. The minimum absolute atomic E-state index is 0.865. The first-order valence-electron chi connectivity index (χ1n) is 5.90. The van der Waals surface area contributed by atoms with Gasteiger partial charge < -0.3 is 5.73 Å². The molecule has 0 unspecified atom stereocenters. The van der Waals surface area contributed by atoms with Gasteiger partial charge in [0.2, 0.25) is 0 Å². The normalized spacial score (nSPS) is 11.6. The highest BCUT2D eigenvalue weighted by Crippen LogP contribution is 2.23. The molecule has 1 rings (SSSR count). The average Bonchev–Trinajstić information content (AvgIpc) is 2.34. The molecule has 0 amide bonds. The van der Waals surface area contributed by atoms with Gasteiger partial charge in [-0.2, -0.15) is 0 Å². The van der Waals surface area contributed by atoms with E-state index in [4.69, 9.17) is 5.73 Å². The molecule has 0 saturated heterocycles. The van der Waals surface area contributed by atoms with Gasteiger partial charge in [-0.25, -0.2) is 0 Å². The van der Waals surface area contributed by atoms with E-state index < -0.39 is 0 Å². The van der Waals surface area contributed by atoms with E-state index >= 15 is 0 Å². The number of hydrogen-bond acceptors (Lipinski definition) is 2. The lowest BCUT2D eigenvalue weighted by Gasteiger charge is -2.11. The van der Waals surface area contributed by atoms with Gasteiger partial charge >= 0.3 is 0 Å². The maximum atomic E-state index is 6.03. The maximum absolute atomic E-state index is 6.03. The average molecular weight is 247 g/mol. The Kier molecular flexibility index (Phi) is 5.36. The Morgan fingerprint density at radius 3 is 2.71 bits per heavy atom. The first-order valence-corrected chi connectivity index (χ1v) is 6.89. The van der Waals surface area contributed by atoms with Gasteiger partial charge in [-0.1, -0.05) is 31.7 Å². The number of aryl methyl sites for hydroxylation is 1. The molecule has 0 aliphatic rings. The number of thioether (sulfide) groups is 1. The minimum Gasteiger partial charge on any atom is -0.399 e. The Bertz CT molecular complexity index is 433. The van der Waals surface area contributed by atoms with Crippen molar-refractivity contribution in [3.8, 4) is 0 Å². The second-order valence-electron chi connectivity index (χ2n) is 4.08. The highest BCUT2D eigenvalue weighted by atomic mass is 32.2. The number of benzene rings is 1. The Hall–Kier alpha value is -1.15. The SMILES string of the molecule is C=C(C)SCc1ccc(CC)c(/C(N)=C\C)c1. The van der Waals surface area contributed by atoms with Gasteiger partial charge in [0.1, 0.15) is 0 Å². The third-order valence-electron chi connectivity index (χ3n) is 2.66. The van der Waals surface area contributed by atoms with Gasteiger partial charge in [0.25, 0.3) is 0 Å². The fraction of sp³-hybridized carbons (Fsp3) is 0.333. The predicted molar refractivity (Wildman–Crippen MR) is 79.8 cm³/mol. The van der Waals surface area contributed by atoms with E-state index in [2.05, 4.69) is 31.7 Å². The fourth-order valence-electron chi connectivity index (χ4n) is 1.65. The van der Waals surface area contributed by atoms with Crippen molar-refractivity contribution in [3.05, 3.63) is 52.4 Å². The molecule has 0 aliphatic heterocycles. The fourth-order valence-corrected chi connectivity index (χ4v) is 2.25. The number of nitrogens with two attached hydrogens (primary N) is 1. The van der Waals surface area contributed by atoms with Crippen LogP contribution in [-0.2, 0) is 12.2 Å². The first-order chi connectivity index (χ1) is 8.08. The lowest BCUT2D eigenvalue weighted by molar-refractivity contribution is 1.12. The van der Waals surface area contributed by atoms with E-state index in [1.54, 1.807) is 11.8 Å². The number of allylic oxidation sites excluding steroid dienone is 2. The zero-order valence-corrected chi connectivity index (χ0v) is 11.7. The van der Waals surface area contributed by atoms with Gasteiger partial charge in [-0.15, -0.1) is 11.8 Å². The minimum atomic E-state index is 0.865. The van der Waals surface area contributed by atoms with Crippen molar-refractivity contribution < 1.29 is 0 Å². The molecule has 92 valence electrons. The van der Waals surface area contributed by atoms with E-state index in [9.17, 15) is 0 Å². The standard InChI is InChI=1S/C15H21NS/c1-5-13-8-7-12(10-17-11(3)4)9-14(13)15(16)6-2/h6-9H,3,5,10,16H2,1-2,4H3/b15-6+. The van der Waals surface area contributed by atoms with Crippen molar-refractivity contribution in [1.29, 1.82) is 0 Å². The summed E-state index contributed by atoms with van der Waals surface area (Å²) >= 11 is 1.77. The van der Waals surface area contributed by atoms with E-state index in [-0.39, 0.29) is 0 Å². The molecule has 1 aromatic carbocycles. The van der Waals surface area contributed by atoms with E-state index in [0.717, 1.165) is 22.8 Å². The molecule has 0 aromatic heterocycles. The molecular formula is C15H21NS. The third-order valence-corrected chi connectivity index (χ3v) is 3.63. The van der Waals surface area contributed by atoms with Crippen molar-refractivity contribution >= 4 is 17.5 Å². The van der Waals surface area contributed by atoms with Crippen LogP contribution in [0.15, 0.2) is 35.8 Å². The van der Waals surface area contributed by atoms with Crippen molar-refractivity contribution in [2.45, 2.75) is 32.9 Å². The second kappa shape index (κ2) is 6.55. The summed E-state index contributed by atoms with van der Waals surface area (Å²) in [6.07, 6.45) is 2.97. The Balaban J connectivity index is 3.00. The molecule has 0 aliphatic carbocycles. The summed E-state index contributed by atoms with van der Waals surface area (Å²) in [6, 6.07) is 6.56. The molecule has 0 bridgehead atoms. The number of hydrogen-bond donors (Lipinski definition) is 1. The van der Waals surface area contributed by atoms with Crippen LogP contribution in [0.3, 0.4) is 0 Å². The van der Waals surface area contributed by atoms with Crippen LogP contribution in [0.1, 0.15) is 37.5 Å². The van der Waals surface area contributed by atoms with E-state index in [1.165, 1.54) is 16.7 Å². The van der Waals surface area contributed by atoms with Crippen LogP contribution in [0.5, 0.6) is 0 Å². The van der Waals surface area contributed by atoms with Crippen LogP contribution >= 0.6 is 11.8 Å². The van der Waals surface area contributed by atoms with Gasteiger partial charge in [0, 0.05) is 17.0 Å². The molecule has 0 atom stereocenters. The predicted octanol–water partition coefficient (Wildman–Crippen LogP) is 4.34. The smallest absolute Gasteiger partial charge is 0.0347 e. The van der Waals surface area contributed by atoms with Crippen LogP contribution in [0.2, 0.25) is 0 Å². The molecule has 1 aromatic rings. The van der Waals surface area contributed by atoms with Gasteiger partial charge in [-0.3, -0.25) is 0 Å². The lowest BCUT2D eigenvalue weighted by Crippen LogP contribution is -2.01. The zero-order valence-electron chi connectivity index (χ0n) is 10.9. The summed E-state index contributed by atoms with van der Waals surface area (Å²) in [4.78, 5) is 1.14. The molecular weight excluding hydrogens is 226 g/mol. The summed E-state index contributed by atoms with van der Waals surface area (Å²) < 4.78 is 0. The summed E-state index contributed by atoms with van der Waals surface area (Å²) in [6.45, 7) is 10.1. The monoisotopic (exact) mass is 247 g/mol. The van der Waals surface area contributed by atoms with Crippen LogP contribution in [0.25, 0.3) is 5.70 Å². The maximum Gasteiger partial charge on any atom is 0.0347 e. The summed E-state index contributed by atoms with van der Waals surface area (Å²) in [5, 5.41) is 0. The first kappa shape index (κ1) is 13.9. The van der Waals surface area contributed by atoms with Crippen molar-refractivity contribution in [1.82, 2.24) is 0 Å². The summed E-state index contributed by atoms with van der Waals surface area (Å²) in [7, 11) is 0. The molecule has 0 radical (unpaired) electrons. The molecule has 0 fully saturated rings. The Labute approximate surface area is 109 Å². The summed E-state index contributed by atoms with van der Waals surface area (Å²) in [5.74, 6) is 0.962. The Morgan fingerprint density at radius 1 is 1.47 bits per heavy atom. The summed E-state index contributed by atoms with van der Waals surface area (Å²) in [5.41, 5.74) is 10.7. The van der Waals surface area contributed by atoms with Gasteiger partial charge in [-0.05, 0) is 42.4 Å². The molecule has 1 nitrogen and oxygen atoms in total. The van der Waals surface area contributed by atoms with Crippen LogP contribution in [-0.4, -0.2) is 0 Å². The van der Waals surface area contributed by atoms with Crippen LogP contribution in [0.4, 0.5) is 0 Å². The lowest BCUT2D eigenvalue weighted by atomic mass is 10.00. The van der Waals surface area contributed by atoms with Crippen molar-refractivity contribution in [2.75, 3.05) is 0 Å². The molecule has 0 heterocycles. The molecule has 17 heavy (non-hydrogen) atoms. The quantitative estimate of drug-likeness (QED) is 0.838. The van der Waals surface area contributed by atoms with Crippen LogP contribution < -0.4 is 5.73 Å². The number of rotatable bonds is 5. The second-order valence-corrected chi connectivity index (χ2v) is 5.35. The van der Waals surface area contributed by atoms with Crippen LogP contribution in [0, 0.1) is 0 Å². The highest BCUT2D eigenvalue weighted by molar-refractivity contribution is 8.02. The van der Waals surface area contributed by atoms with E-state index in [0.29, 0.717) is 0 Å². The zero-order chi connectivity index (χ0) is 12.8. The van der Waals surface area contributed by atoms with E-state index in [1.807, 2.05) is 19.9 Å². The molecule has 2 N–H and O–H groups in total. The molecule has 2 heteroatoms. The topological polar surface area (TPSA) is 26.0 Å². The molecule has 0 saturated carbocycles. The van der Waals surface area contributed by atoms with Gasteiger partial charge in [0.05, 0.1) is 0 Å². The van der Waals surface area contributed by atoms with Crippen molar-refractivity contribution in [3.63, 3.8) is 0 Å². The largest absolute Gasteiger partial charge is 0.399 e. The highest BCUT2D eigenvalue weighted by Gasteiger charge is 2.05. The van der Waals surface area contributed by atoms with Crippen molar-refractivity contribution in [2.24, 2.45) is 5.73 Å².